The molecule has 0 aliphatic rings. The lowest BCUT2D eigenvalue weighted by atomic mass is 10.5. The molecule has 0 N–H and O–H groups in total. The van der Waals surface area contributed by atoms with Crippen LogP contribution in [0.3, 0.4) is 0 Å². The van der Waals surface area contributed by atoms with Gasteiger partial charge < -0.3 is 4.67 Å². The van der Waals surface area contributed by atoms with Crippen molar-refractivity contribution in [2.75, 3.05) is 7.05 Å². The number of rotatable bonds is 2. The quantitative estimate of drug-likeness (QED) is 0.497. The van der Waals surface area contributed by atoms with Gasteiger partial charge in [-0.05, 0) is 22.0 Å². The van der Waals surface area contributed by atoms with E-state index in [1.807, 2.05) is 17.9 Å². The Labute approximate surface area is 47.7 Å². The number of hydrogen-bond donors (Lipinski definition) is 0. The molecule has 0 fully saturated rings. The summed E-state index contributed by atoms with van der Waals surface area (Å²) in [5.74, 6) is 0. The molecule has 1 nitrogen and oxygen atoms in total. The summed E-state index contributed by atoms with van der Waals surface area (Å²) < 4.78 is 1.95. The summed E-state index contributed by atoms with van der Waals surface area (Å²) in [5, 5.41) is 0. The molecule has 0 spiro atoms. The molecule has 0 aliphatic carbocycles. The molecule has 7 heavy (non-hydrogen) atoms. The summed E-state index contributed by atoms with van der Waals surface area (Å²) in [6.07, 6.45) is 5.23. The molecule has 0 aliphatic heterocycles. The van der Waals surface area contributed by atoms with Crippen LogP contribution < -0.4 is 0 Å². The van der Waals surface area contributed by atoms with E-state index in [2.05, 4.69) is 22.4 Å². The lowest BCUT2D eigenvalue weighted by molar-refractivity contribution is 0.769. The maximum absolute atomic E-state index is 2.55. The fourth-order valence-corrected chi connectivity index (χ4v) is 0.393. The Bertz CT molecular complexity index is 59.1. The first-order valence-corrected chi connectivity index (χ1v) is 2.93. The lowest BCUT2D eigenvalue weighted by Crippen LogP contribution is -1.88. The van der Waals surface area contributed by atoms with Gasteiger partial charge in [0.05, 0.1) is 0 Å². The van der Waals surface area contributed by atoms with Crippen molar-refractivity contribution >= 4 is 9.39 Å². The standard InChI is InChI=1S/C5H12NP/c1-3-4-5-6(2)7/h4-5H,3,7H2,1-2H3/b5-4-. The largest absolute Gasteiger partial charge is 0.365 e. The van der Waals surface area contributed by atoms with Gasteiger partial charge in [0.25, 0.3) is 0 Å². The zero-order valence-corrected chi connectivity index (χ0v) is 6.04. The van der Waals surface area contributed by atoms with Gasteiger partial charge in [-0.1, -0.05) is 13.0 Å². The van der Waals surface area contributed by atoms with Crippen molar-refractivity contribution in [2.45, 2.75) is 13.3 Å². The Balaban J connectivity index is 3.08. The fraction of sp³-hybridized carbons (Fsp3) is 0.600. The van der Waals surface area contributed by atoms with Gasteiger partial charge in [0.2, 0.25) is 0 Å². The summed E-state index contributed by atoms with van der Waals surface area (Å²) in [6.45, 7) is 2.12. The maximum Gasteiger partial charge on any atom is 0.00926 e. The van der Waals surface area contributed by atoms with Crippen molar-refractivity contribution in [1.29, 1.82) is 0 Å². The SMILES string of the molecule is CC/C=C\N(C)P. The van der Waals surface area contributed by atoms with E-state index in [9.17, 15) is 0 Å². The van der Waals surface area contributed by atoms with Crippen LogP contribution >= 0.6 is 9.39 Å². The van der Waals surface area contributed by atoms with E-state index in [-0.39, 0.29) is 0 Å². The van der Waals surface area contributed by atoms with Crippen molar-refractivity contribution < 1.29 is 0 Å². The van der Waals surface area contributed by atoms with Crippen molar-refractivity contribution in [3.8, 4) is 0 Å². The van der Waals surface area contributed by atoms with Crippen LogP contribution in [-0.4, -0.2) is 11.7 Å². The second-order valence-electron chi connectivity index (χ2n) is 1.46. The van der Waals surface area contributed by atoms with Crippen molar-refractivity contribution in [2.24, 2.45) is 0 Å². The van der Waals surface area contributed by atoms with Gasteiger partial charge in [-0.25, -0.2) is 0 Å². The Morgan fingerprint density at radius 1 is 1.71 bits per heavy atom. The molecule has 0 bridgehead atoms. The number of hydrogen-bond acceptors (Lipinski definition) is 1. The normalized spacial score (nSPS) is 10.1. The van der Waals surface area contributed by atoms with Crippen molar-refractivity contribution in [3.63, 3.8) is 0 Å². The van der Waals surface area contributed by atoms with Crippen LogP contribution in [0.15, 0.2) is 12.3 Å². The van der Waals surface area contributed by atoms with Gasteiger partial charge in [-0.15, -0.1) is 0 Å². The zero-order chi connectivity index (χ0) is 5.70. The molecule has 2 heteroatoms. The zero-order valence-electron chi connectivity index (χ0n) is 4.89. The van der Waals surface area contributed by atoms with Gasteiger partial charge >= 0.3 is 0 Å². The lowest BCUT2D eigenvalue weighted by Gasteiger charge is -2.00. The van der Waals surface area contributed by atoms with Crippen LogP contribution in [0, 0.1) is 0 Å². The third-order valence-electron chi connectivity index (χ3n) is 0.576. The Kier molecular flexibility index (Phi) is 4.12. The van der Waals surface area contributed by atoms with E-state index in [4.69, 9.17) is 0 Å². The Morgan fingerprint density at radius 3 is 2.43 bits per heavy atom. The molecular formula is C5H12NP. The van der Waals surface area contributed by atoms with E-state index >= 15 is 0 Å². The first-order valence-electron chi connectivity index (χ1n) is 2.41. The Morgan fingerprint density at radius 2 is 2.29 bits per heavy atom. The topological polar surface area (TPSA) is 3.24 Å². The van der Waals surface area contributed by atoms with Crippen molar-refractivity contribution in [1.82, 2.24) is 4.67 Å². The monoisotopic (exact) mass is 117 g/mol. The predicted octanol–water partition coefficient (Wildman–Crippen LogP) is 1.63. The molecule has 0 radical (unpaired) electrons. The van der Waals surface area contributed by atoms with Crippen LogP contribution in [0.2, 0.25) is 0 Å². The van der Waals surface area contributed by atoms with Gasteiger partial charge in [0.15, 0.2) is 0 Å². The summed E-state index contributed by atoms with van der Waals surface area (Å²) in [7, 11) is 4.54. The number of allylic oxidation sites excluding steroid dienone is 1. The van der Waals surface area contributed by atoms with Gasteiger partial charge in [-0.2, -0.15) is 0 Å². The fourth-order valence-electron chi connectivity index (χ4n) is 0.272. The molecule has 1 unspecified atom stereocenters. The predicted molar refractivity (Wildman–Crippen MR) is 36.9 cm³/mol. The highest BCUT2D eigenvalue weighted by molar-refractivity contribution is 7.13. The molecule has 0 heterocycles. The molecule has 0 aromatic heterocycles. The maximum atomic E-state index is 2.55. The third-order valence-corrected chi connectivity index (χ3v) is 0.748. The first kappa shape index (κ1) is 6.97. The Hall–Kier alpha value is -0.0300. The molecule has 42 valence electrons. The summed E-state index contributed by atoms with van der Waals surface area (Å²) >= 11 is 0. The van der Waals surface area contributed by atoms with E-state index in [0.717, 1.165) is 6.42 Å². The van der Waals surface area contributed by atoms with Gasteiger partial charge in [0.1, 0.15) is 0 Å². The third kappa shape index (κ3) is 5.97. The highest BCUT2D eigenvalue weighted by Gasteiger charge is 1.69. The minimum Gasteiger partial charge on any atom is -0.365 e. The van der Waals surface area contributed by atoms with E-state index in [1.165, 1.54) is 0 Å². The summed E-state index contributed by atoms with van der Waals surface area (Å²) in [4.78, 5) is 0. The van der Waals surface area contributed by atoms with Crippen LogP contribution in [0.4, 0.5) is 0 Å². The van der Waals surface area contributed by atoms with Crippen LogP contribution in [0.25, 0.3) is 0 Å². The summed E-state index contributed by atoms with van der Waals surface area (Å²) in [5.41, 5.74) is 0. The van der Waals surface area contributed by atoms with E-state index in [1.54, 1.807) is 0 Å². The highest BCUT2D eigenvalue weighted by Crippen LogP contribution is 1.92. The molecule has 0 amide bonds. The molecule has 0 saturated heterocycles. The van der Waals surface area contributed by atoms with Gasteiger partial charge in [-0.3, -0.25) is 0 Å². The minimum atomic E-state index is 1.11. The van der Waals surface area contributed by atoms with Crippen molar-refractivity contribution in [3.05, 3.63) is 12.3 Å². The second-order valence-corrected chi connectivity index (χ2v) is 2.27. The molecular weight excluding hydrogens is 105 g/mol. The van der Waals surface area contributed by atoms with Crippen LogP contribution in [0.5, 0.6) is 0 Å². The average Bonchev–Trinajstić information content (AvgIpc) is 1.61. The molecule has 0 aromatic carbocycles. The minimum absolute atomic E-state index is 1.11. The number of nitrogens with zero attached hydrogens (tertiary/aromatic N) is 1. The highest BCUT2D eigenvalue weighted by atomic mass is 31.0. The molecule has 0 saturated carbocycles. The molecule has 0 rings (SSSR count). The first-order chi connectivity index (χ1) is 3.27. The molecule has 1 atom stereocenters. The van der Waals surface area contributed by atoms with E-state index < -0.39 is 0 Å². The van der Waals surface area contributed by atoms with E-state index in [0.29, 0.717) is 0 Å². The average molecular weight is 117 g/mol. The smallest absolute Gasteiger partial charge is 0.00926 e. The van der Waals surface area contributed by atoms with Crippen LogP contribution in [0.1, 0.15) is 13.3 Å². The van der Waals surface area contributed by atoms with Crippen LogP contribution in [-0.2, 0) is 0 Å². The summed E-state index contributed by atoms with van der Waals surface area (Å²) in [6, 6.07) is 0. The second kappa shape index (κ2) is 4.14. The molecule has 0 aromatic rings. The van der Waals surface area contributed by atoms with Gasteiger partial charge in [0, 0.05) is 7.05 Å².